The quantitative estimate of drug-likeness (QED) is 0.427. The summed E-state index contributed by atoms with van der Waals surface area (Å²) in [5.41, 5.74) is 1.03. The van der Waals surface area contributed by atoms with Gasteiger partial charge in [0.2, 0.25) is 5.91 Å². The molecule has 5 rings (SSSR count). The molecule has 8 nitrogen and oxygen atoms in total. The minimum absolute atomic E-state index is 0.238. The number of benzene rings is 3. The molecule has 1 amide bonds. The highest BCUT2D eigenvalue weighted by Crippen LogP contribution is 2.22. The Labute approximate surface area is 194 Å². The van der Waals surface area contributed by atoms with Crippen molar-refractivity contribution in [2.75, 3.05) is 5.32 Å². The maximum absolute atomic E-state index is 13.4. The Kier molecular flexibility index (Phi) is 5.55. The third-order valence-electron chi connectivity index (χ3n) is 5.87. The SMILES string of the molecule is CCn1cnc2c1c(=O)n(CC(=O)Nc1cccc3ccccc13)c(=O)n2Cc1ccccc1. The third-order valence-corrected chi connectivity index (χ3v) is 5.87. The van der Waals surface area contributed by atoms with Gasteiger partial charge < -0.3 is 9.88 Å². The number of anilines is 1. The van der Waals surface area contributed by atoms with Gasteiger partial charge in [0, 0.05) is 17.6 Å². The molecule has 0 spiro atoms. The van der Waals surface area contributed by atoms with E-state index in [-0.39, 0.29) is 6.54 Å². The molecular weight excluding hydrogens is 430 g/mol. The molecule has 2 aromatic heterocycles. The average molecular weight is 454 g/mol. The van der Waals surface area contributed by atoms with Crippen LogP contribution < -0.4 is 16.6 Å². The lowest BCUT2D eigenvalue weighted by Gasteiger charge is -2.13. The monoisotopic (exact) mass is 453 g/mol. The molecule has 0 saturated carbocycles. The van der Waals surface area contributed by atoms with E-state index in [2.05, 4.69) is 10.3 Å². The Hall–Kier alpha value is -4.46. The number of fused-ring (bicyclic) bond motifs is 2. The summed E-state index contributed by atoms with van der Waals surface area (Å²) < 4.78 is 4.13. The number of hydrogen-bond donors (Lipinski definition) is 1. The van der Waals surface area contributed by atoms with Crippen LogP contribution in [0, 0.1) is 0 Å². The van der Waals surface area contributed by atoms with Crippen molar-refractivity contribution in [2.45, 2.75) is 26.6 Å². The number of carbonyl (C=O) groups is 1. The van der Waals surface area contributed by atoms with E-state index in [9.17, 15) is 14.4 Å². The molecule has 0 radical (unpaired) electrons. The second-order valence-corrected chi connectivity index (χ2v) is 8.02. The van der Waals surface area contributed by atoms with Gasteiger partial charge in [-0.05, 0) is 23.9 Å². The summed E-state index contributed by atoms with van der Waals surface area (Å²) in [6.45, 7) is 2.24. The number of nitrogens with one attached hydrogen (secondary N) is 1. The highest BCUT2D eigenvalue weighted by atomic mass is 16.2. The van der Waals surface area contributed by atoms with Crippen LogP contribution in [-0.2, 0) is 24.4 Å². The summed E-state index contributed by atoms with van der Waals surface area (Å²) in [7, 11) is 0. The first-order valence-electron chi connectivity index (χ1n) is 11.1. The van der Waals surface area contributed by atoms with Crippen molar-refractivity contribution in [3.8, 4) is 0 Å². The minimum atomic E-state index is -0.573. The van der Waals surface area contributed by atoms with Gasteiger partial charge in [-0.15, -0.1) is 0 Å². The van der Waals surface area contributed by atoms with Crippen molar-refractivity contribution < 1.29 is 4.79 Å². The maximum Gasteiger partial charge on any atom is 0.333 e. The highest BCUT2D eigenvalue weighted by molar-refractivity contribution is 6.02. The number of imidazole rings is 1. The molecule has 170 valence electrons. The van der Waals surface area contributed by atoms with Crippen LogP contribution in [0.1, 0.15) is 12.5 Å². The number of carbonyl (C=O) groups excluding carboxylic acids is 1. The van der Waals surface area contributed by atoms with Crippen LogP contribution in [0.4, 0.5) is 5.69 Å². The van der Waals surface area contributed by atoms with Gasteiger partial charge >= 0.3 is 5.69 Å². The molecule has 2 heterocycles. The number of amides is 1. The lowest BCUT2D eigenvalue weighted by Crippen LogP contribution is -2.43. The Balaban J connectivity index is 1.56. The number of hydrogen-bond acceptors (Lipinski definition) is 4. The fourth-order valence-corrected chi connectivity index (χ4v) is 4.19. The average Bonchev–Trinajstić information content (AvgIpc) is 3.30. The Morgan fingerprint density at radius 1 is 0.912 bits per heavy atom. The fraction of sp³-hybridized carbons (Fsp3) is 0.154. The Bertz CT molecular complexity index is 1620. The highest BCUT2D eigenvalue weighted by Gasteiger charge is 2.20. The number of nitrogens with zero attached hydrogens (tertiary/aromatic N) is 4. The molecule has 1 N–H and O–H groups in total. The van der Waals surface area contributed by atoms with Gasteiger partial charge in [-0.1, -0.05) is 66.7 Å². The molecule has 34 heavy (non-hydrogen) atoms. The number of rotatable bonds is 6. The van der Waals surface area contributed by atoms with Gasteiger partial charge in [-0.2, -0.15) is 0 Å². The second kappa shape index (κ2) is 8.82. The summed E-state index contributed by atoms with van der Waals surface area (Å²) in [6, 6.07) is 22.8. The van der Waals surface area contributed by atoms with Crippen LogP contribution in [-0.4, -0.2) is 24.6 Å². The first-order chi connectivity index (χ1) is 16.6. The van der Waals surface area contributed by atoms with E-state index in [4.69, 9.17) is 0 Å². The Morgan fingerprint density at radius 3 is 2.44 bits per heavy atom. The lowest BCUT2D eigenvalue weighted by atomic mass is 10.1. The van der Waals surface area contributed by atoms with E-state index < -0.39 is 23.7 Å². The predicted octanol–water partition coefficient (Wildman–Crippen LogP) is 3.22. The van der Waals surface area contributed by atoms with E-state index in [0.717, 1.165) is 20.9 Å². The first kappa shape index (κ1) is 21.4. The molecule has 3 aromatic carbocycles. The van der Waals surface area contributed by atoms with Gasteiger partial charge in [0.25, 0.3) is 5.56 Å². The van der Waals surface area contributed by atoms with Crippen LogP contribution in [0.3, 0.4) is 0 Å². The zero-order valence-corrected chi connectivity index (χ0v) is 18.6. The predicted molar refractivity (Wildman–Crippen MR) is 132 cm³/mol. The zero-order chi connectivity index (χ0) is 23.7. The third kappa shape index (κ3) is 3.79. The van der Waals surface area contributed by atoms with Crippen LogP contribution in [0.2, 0.25) is 0 Å². The minimum Gasteiger partial charge on any atom is -0.325 e. The summed E-state index contributed by atoms with van der Waals surface area (Å²) in [6.07, 6.45) is 1.55. The van der Waals surface area contributed by atoms with Gasteiger partial charge in [0.1, 0.15) is 6.54 Å². The van der Waals surface area contributed by atoms with Crippen LogP contribution in [0.25, 0.3) is 21.9 Å². The topological polar surface area (TPSA) is 90.9 Å². The standard InChI is InChI=1S/C26H23N5O3/c1-2-29-17-27-24-23(29)25(33)31(26(34)30(24)15-18-9-4-3-5-10-18)16-22(32)28-21-14-8-12-19-11-6-7-13-20(19)21/h3-14,17H,2,15-16H2,1H3,(H,28,32). The molecule has 0 saturated heterocycles. The second-order valence-electron chi connectivity index (χ2n) is 8.02. The molecular formula is C26H23N5O3. The van der Waals surface area contributed by atoms with Gasteiger partial charge in [-0.3, -0.25) is 14.2 Å². The number of aryl methyl sites for hydroxylation is 1. The first-order valence-corrected chi connectivity index (χ1v) is 11.1. The molecule has 0 aliphatic rings. The molecule has 0 aliphatic heterocycles. The molecule has 0 fully saturated rings. The van der Waals surface area contributed by atoms with E-state index in [0.29, 0.717) is 23.4 Å². The van der Waals surface area contributed by atoms with Crippen LogP contribution >= 0.6 is 0 Å². The molecule has 5 aromatic rings. The van der Waals surface area contributed by atoms with Crippen molar-refractivity contribution in [3.63, 3.8) is 0 Å². The van der Waals surface area contributed by atoms with Crippen LogP contribution in [0.5, 0.6) is 0 Å². The van der Waals surface area contributed by atoms with Crippen molar-refractivity contribution >= 4 is 33.5 Å². The molecule has 8 heteroatoms. The van der Waals surface area contributed by atoms with Crippen molar-refractivity contribution in [2.24, 2.45) is 0 Å². The molecule has 0 aliphatic carbocycles. The van der Waals surface area contributed by atoms with Gasteiger partial charge in [-0.25, -0.2) is 14.3 Å². The fourth-order valence-electron chi connectivity index (χ4n) is 4.19. The maximum atomic E-state index is 13.4. The van der Waals surface area contributed by atoms with E-state index in [1.54, 1.807) is 17.0 Å². The van der Waals surface area contributed by atoms with Crippen molar-refractivity contribution in [1.82, 2.24) is 18.7 Å². The van der Waals surface area contributed by atoms with Gasteiger partial charge in [0.15, 0.2) is 11.2 Å². The summed E-state index contributed by atoms with van der Waals surface area (Å²) >= 11 is 0. The number of aromatic nitrogens is 4. The van der Waals surface area contributed by atoms with E-state index in [1.165, 1.54) is 4.57 Å². The molecule has 0 atom stereocenters. The summed E-state index contributed by atoms with van der Waals surface area (Å²) in [5, 5.41) is 4.72. The van der Waals surface area contributed by atoms with Gasteiger partial charge in [0.05, 0.1) is 12.9 Å². The smallest absolute Gasteiger partial charge is 0.325 e. The largest absolute Gasteiger partial charge is 0.333 e. The van der Waals surface area contributed by atoms with E-state index in [1.807, 2.05) is 73.7 Å². The Morgan fingerprint density at radius 2 is 1.65 bits per heavy atom. The van der Waals surface area contributed by atoms with Crippen LogP contribution in [0.15, 0.2) is 88.7 Å². The summed E-state index contributed by atoms with van der Waals surface area (Å²) in [5.74, 6) is -0.455. The summed E-state index contributed by atoms with van der Waals surface area (Å²) in [4.78, 5) is 44.0. The molecule has 0 unspecified atom stereocenters. The lowest BCUT2D eigenvalue weighted by molar-refractivity contribution is -0.116. The normalized spacial score (nSPS) is 11.2. The zero-order valence-electron chi connectivity index (χ0n) is 18.6. The van der Waals surface area contributed by atoms with Crippen molar-refractivity contribution in [3.05, 3.63) is 106 Å². The molecule has 0 bridgehead atoms. The van der Waals surface area contributed by atoms with Crippen molar-refractivity contribution in [1.29, 1.82) is 0 Å². The van der Waals surface area contributed by atoms with E-state index >= 15 is 0 Å².